The number of carbonyl (C=O) groups is 1. The van der Waals surface area contributed by atoms with Crippen molar-refractivity contribution in [3.63, 3.8) is 0 Å². The number of hydrogen-bond acceptors (Lipinski definition) is 7. The molecule has 0 saturated heterocycles. The fraction of sp³-hybridized carbons (Fsp3) is 0.111. The Balaban J connectivity index is 1.72. The average Bonchev–Trinajstić information content (AvgIpc) is 2.90. The van der Waals surface area contributed by atoms with Crippen LogP contribution in [-0.2, 0) is 26.0 Å². The van der Waals surface area contributed by atoms with Crippen molar-refractivity contribution in [1.82, 2.24) is 0 Å². The summed E-state index contributed by atoms with van der Waals surface area (Å²) < 4.78 is 40.4. The summed E-state index contributed by atoms with van der Waals surface area (Å²) >= 11 is 0. The van der Waals surface area contributed by atoms with E-state index in [1.165, 1.54) is 23.5 Å². The number of allylic oxidation sites excluding steroid dienone is 2. The zero-order valence-electron chi connectivity index (χ0n) is 19.2. The lowest BCUT2D eigenvalue weighted by atomic mass is 9.88. The van der Waals surface area contributed by atoms with E-state index in [1.807, 2.05) is 36.4 Å². The molecule has 5 rings (SSSR count). The monoisotopic (exact) mass is 499 g/mol. The van der Waals surface area contributed by atoms with E-state index in [9.17, 15) is 18.5 Å². The largest absolute Gasteiger partial charge is 0.465 e. The maximum atomic E-state index is 14.2. The number of para-hydroxylation sites is 1. The molecular weight excluding hydrogens is 478 g/mol. The van der Waals surface area contributed by atoms with E-state index >= 15 is 0 Å². The predicted molar refractivity (Wildman–Crippen MR) is 133 cm³/mol. The van der Waals surface area contributed by atoms with Crippen molar-refractivity contribution in [2.45, 2.75) is 12.5 Å². The Labute approximate surface area is 208 Å². The van der Waals surface area contributed by atoms with E-state index in [-0.39, 0.29) is 28.7 Å². The summed E-state index contributed by atoms with van der Waals surface area (Å²) in [5.74, 6) is -1.63. The molecule has 2 heterocycles. The number of ether oxygens (including phenoxy) is 2. The number of fused-ring (bicyclic) bond motifs is 2. The van der Waals surface area contributed by atoms with Gasteiger partial charge in [-0.15, -0.1) is 0 Å². The van der Waals surface area contributed by atoms with Gasteiger partial charge in [0.1, 0.15) is 16.5 Å². The van der Waals surface area contributed by atoms with Gasteiger partial charge >= 0.3 is 5.97 Å². The topological polar surface area (TPSA) is 123 Å². The Bertz CT molecular complexity index is 1570. The molecule has 1 atom stereocenters. The van der Waals surface area contributed by atoms with E-state index in [1.54, 1.807) is 36.4 Å². The molecule has 0 saturated carbocycles. The predicted octanol–water partition coefficient (Wildman–Crippen LogP) is 4.00. The molecule has 0 amide bonds. The molecule has 9 heteroatoms. The molecule has 3 aromatic carbocycles. The van der Waals surface area contributed by atoms with Crippen LogP contribution in [0.2, 0.25) is 0 Å². The van der Waals surface area contributed by atoms with Gasteiger partial charge in [-0.25, -0.2) is 13.2 Å². The Morgan fingerprint density at radius 1 is 1.06 bits per heavy atom. The first kappa shape index (κ1) is 23.2. The van der Waals surface area contributed by atoms with E-state index in [0.717, 1.165) is 5.56 Å². The second-order valence-electron chi connectivity index (χ2n) is 8.25. The van der Waals surface area contributed by atoms with Gasteiger partial charge in [-0.2, -0.15) is 5.26 Å². The summed E-state index contributed by atoms with van der Waals surface area (Å²) in [6, 6.07) is 24.5. The third-order valence-electron chi connectivity index (χ3n) is 6.19. The van der Waals surface area contributed by atoms with Crippen molar-refractivity contribution < 1.29 is 22.7 Å². The number of rotatable bonds is 4. The molecule has 0 aliphatic carbocycles. The fourth-order valence-electron chi connectivity index (χ4n) is 4.49. The van der Waals surface area contributed by atoms with Crippen LogP contribution < -0.4 is 10.0 Å². The highest BCUT2D eigenvalue weighted by atomic mass is 32.2. The molecule has 36 heavy (non-hydrogen) atoms. The number of anilines is 1. The van der Waals surface area contributed by atoms with Crippen molar-refractivity contribution in [3.8, 4) is 6.07 Å². The van der Waals surface area contributed by atoms with Crippen LogP contribution in [0.5, 0.6) is 0 Å². The number of nitriles is 1. The first-order valence-electron chi connectivity index (χ1n) is 11.0. The quantitative estimate of drug-likeness (QED) is 0.538. The van der Waals surface area contributed by atoms with E-state index in [0.29, 0.717) is 22.4 Å². The molecule has 3 aromatic rings. The maximum Gasteiger partial charge on any atom is 0.337 e. The summed E-state index contributed by atoms with van der Waals surface area (Å²) in [5.41, 5.74) is 8.68. The number of sulfonamides is 1. The smallest absolute Gasteiger partial charge is 0.337 e. The summed E-state index contributed by atoms with van der Waals surface area (Å²) in [4.78, 5) is 11.8. The Morgan fingerprint density at radius 3 is 2.39 bits per heavy atom. The lowest BCUT2D eigenvalue weighted by molar-refractivity contribution is 0.0600. The highest BCUT2D eigenvalue weighted by molar-refractivity contribution is 7.96. The third-order valence-corrected chi connectivity index (χ3v) is 8.08. The van der Waals surface area contributed by atoms with Crippen molar-refractivity contribution in [2.75, 3.05) is 11.4 Å². The van der Waals surface area contributed by atoms with E-state index in [4.69, 9.17) is 15.2 Å². The number of carbonyl (C=O) groups excluding carboxylic acids is 1. The van der Waals surface area contributed by atoms with Gasteiger partial charge in [0.05, 0.1) is 30.8 Å². The van der Waals surface area contributed by atoms with Crippen LogP contribution in [0, 0.1) is 11.3 Å². The minimum absolute atomic E-state index is 0.0258. The number of nitrogens with zero attached hydrogens (tertiary/aromatic N) is 2. The molecule has 2 aliphatic rings. The van der Waals surface area contributed by atoms with Gasteiger partial charge in [0.15, 0.2) is 5.76 Å². The number of hydrogen-bond donors (Lipinski definition) is 1. The summed E-state index contributed by atoms with van der Waals surface area (Å²) in [6.45, 7) is 0.0893. The van der Waals surface area contributed by atoms with Gasteiger partial charge in [-0.3, -0.25) is 4.31 Å². The van der Waals surface area contributed by atoms with Crippen LogP contribution in [0.15, 0.2) is 95.2 Å². The van der Waals surface area contributed by atoms with Gasteiger partial charge in [-0.1, -0.05) is 54.6 Å². The lowest BCUT2D eigenvalue weighted by Crippen LogP contribution is -2.39. The molecule has 2 aliphatic heterocycles. The lowest BCUT2D eigenvalue weighted by Gasteiger charge is -2.38. The molecule has 180 valence electrons. The van der Waals surface area contributed by atoms with Gasteiger partial charge < -0.3 is 15.2 Å². The number of benzene rings is 3. The molecule has 0 radical (unpaired) electrons. The SMILES string of the molecule is COC(=O)c1ccc([C@H]2C(C#N)=C(N)OC3=C2S(=O)(=O)N(Cc2ccccc2)c2ccccc23)cc1. The molecule has 8 nitrogen and oxygen atoms in total. The Morgan fingerprint density at radius 2 is 1.72 bits per heavy atom. The number of nitrogens with two attached hydrogens (primary N) is 1. The van der Waals surface area contributed by atoms with Gasteiger partial charge in [-0.05, 0) is 35.4 Å². The zero-order chi connectivity index (χ0) is 25.4. The molecule has 0 spiro atoms. The molecular formula is C27H21N3O5S. The summed E-state index contributed by atoms with van der Waals surface area (Å²) in [7, 11) is -2.90. The van der Waals surface area contributed by atoms with Crippen LogP contribution in [0.4, 0.5) is 5.69 Å². The molecule has 0 unspecified atom stereocenters. The standard InChI is InChI=1S/C27H21N3O5S/c1-34-27(31)19-13-11-18(12-14-19)23-21(15-28)26(29)35-24-20-9-5-6-10-22(20)30(36(32,33)25(23)24)16-17-7-3-2-4-8-17/h2-14,23H,16,29H2,1H3/t23-/m0/s1. The fourth-order valence-corrected chi connectivity index (χ4v) is 6.40. The minimum Gasteiger partial charge on any atom is -0.465 e. The molecule has 0 aromatic heterocycles. The van der Waals surface area contributed by atoms with E-state index < -0.39 is 21.9 Å². The van der Waals surface area contributed by atoms with Gasteiger partial charge in [0, 0.05) is 5.56 Å². The molecule has 0 bridgehead atoms. The first-order valence-corrected chi connectivity index (χ1v) is 12.5. The highest BCUT2D eigenvalue weighted by Crippen LogP contribution is 2.51. The minimum atomic E-state index is -4.18. The van der Waals surface area contributed by atoms with Crippen LogP contribution in [0.1, 0.15) is 33.0 Å². The molecule has 0 fully saturated rings. The summed E-state index contributed by atoms with van der Waals surface area (Å²) in [5, 5.41) is 9.96. The van der Waals surface area contributed by atoms with Crippen LogP contribution in [-0.4, -0.2) is 21.5 Å². The Kier molecular flexibility index (Phi) is 5.74. The average molecular weight is 500 g/mol. The first-order chi connectivity index (χ1) is 17.4. The highest BCUT2D eigenvalue weighted by Gasteiger charge is 2.47. The molecule has 2 N–H and O–H groups in total. The van der Waals surface area contributed by atoms with Crippen molar-refractivity contribution >= 4 is 27.4 Å². The second kappa shape index (κ2) is 8.91. The van der Waals surface area contributed by atoms with Gasteiger partial charge in [0.2, 0.25) is 5.88 Å². The number of methoxy groups -OCH3 is 1. The third kappa shape index (κ3) is 3.68. The van der Waals surface area contributed by atoms with Crippen molar-refractivity contribution in [2.24, 2.45) is 5.73 Å². The number of esters is 1. The second-order valence-corrected chi connectivity index (χ2v) is 10.1. The Hall–Kier alpha value is -4.55. The van der Waals surface area contributed by atoms with Crippen LogP contribution in [0.3, 0.4) is 0 Å². The van der Waals surface area contributed by atoms with Crippen LogP contribution in [0.25, 0.3) is 5.76 Å². The van der Waals surface area contributed by atoms with Crippen molar-refractivity contribution in [3.05, 3.63) is 117 Å². The normalized spacial score (nSPS) is 18.0. The maximum absolute atomic E-state index is 14.2. The van der Waals surface area contributed by atoms with Crippen molar-refractivity contribution in [1.29, 1.82) is 5.26 Å². The van der Waals surface area contributed by atoms with Gasteiger partial charge in [0.25, 0.3) is 10.0 Å². The van der Waals surface area contributed by atoms with Crippen LogP contribution >= 0.6 is 0 Å². The summed E-state index contributed by atoms with van der Waals surface area (Å²) in [6.07, 6.45) is 0. The zero-order valence-corrected chi connectivity index (χ0v) is 20.0. The van der Waals surface area contributed by atoms with E-state index in [2.05, 4.69) is 0 Å².